The maximum atomic E-state index is 10.6. The Kier molecular flexibility index (Phi) is 5.98. The topological polar surface area (TPSA) is 105 Å². The van der Waals surface area contributed by atoms with E-state index in [2.05, 4.69) is 34.0 Å². The molecular formula is C22H17F3N4O3S. The Hall–Kier alpha value is -3.60. The van der Waals surface area contributed by atoms with Gasteiger partial charge in [0.1, 0.15) is 27.8 Å². The molecule has 5 aromatic rings. The molecule has 0 aliphatic rings. The average molecular weight is 474 g/mol. The number of furan rings is 1. The number of carboxylic acids is 1. The number of alkyl halides is 3. The maximum absolute atomic E-state index is 10.6. The van der Waals surface area contributed by atoms with E-state index in [1.54, 1.807) is 11.8 Å². The number of aryl methyl sites for hydroxylation is 2. The molecule has 7 nitrogen and oxygen atoms in total. The molecule has 0 saturated heterocycles. The van der Waals surface area contributed by atoms with Crippen molar-refractivity contribution >= 4 is 50.8 Å². The number of hydrogen-bond acceptors (Lipinski definition) is 6. The first-order valence-electron chi connectivity index (χ1n) is 9.66. The number of para-hydroxylation sites is 2. The average Bonchev–Trinajstić information content (AvgIpc) is 3.34. The van der Waals surface area contributed by atoms with Crippen LogP contribution in [0.5, 0.6) is 0 Å². The maximum Gasteiger partial charge on any atom is 0.490 e. The number of carboxylic acid groups (broad SMARTS) is 1. The first-order valence-corrected chi connectivity index (χ1v) is 10.6. The van der Waals surface area contributed by atoms with Crippen molar-refractivity contribution in [2.24, 2.45) is 0 Å². The van der Waals surface area contributed by atoms with Gasteiger partial charge in [-0.05, 0) is 37.6 Å². The molecule has 2 aromatic carbocycles. The van der Waals surface area contributed by atoms with Gasteiger partial charge in [0.2, 0.25) is 0 Å². The number of halogens is 3. The van der Waals surface area contributed by atoms with Crippen LogP contribution in [0.25, 0.3) is 33.1 Å². The molecule has 11 heteroatoms. The van der Waals surface area contributed by atoms with E-state index in [4.69, 9.17) is 19.3 Å². The molecule has 0 aliphatic carbocycles. The Morgan fingerprint density at radius 2 is 1.79 bits per heavy atom. The summed E-state index contributed by atoms with van der Waals surface area (Å²) in [6.45, 7) is 3.99. The van der Waals surface area contributed by atoms with E-state index in [1.165, 1.54) is 5.56 Å². The zero-order valence-electron chi connectivity index (χ0n) is 17.4. The van der Waals surface area contributed by atoms with Crippen LogP contribution in [0.1, 0.15) is 17.2 Å². The Morgan fingerprint density at radius 3 is 2.48 bits per heavy atom. The molecule has 33 heavy (non-hydrogen) atoms. The number of nitrogens with one attached hydrogen (secondary N) is 1. The van der Waals surface area contributed by atoms with E-state index in [9.17, 15) is 13.2 Å². The predicted molar refractivity (Wildman–Crippen MR) is 118 cm³/mol. The number of H-pyrrole nitrogens is 1. The summed E-state index contributed by atoms with van der Waals surface area (Å²) in [7, 11) is 0. The molecule has 0 saturated carbocycles. The van der Waals surface area contributed by atoms with Gasteiger partial charge in [-0.25, -0.2) is 19.7 Å². The summed E-state index contributed by atoms with van der Waals surface area (Å²) in [5.74, 6) is -0.393. The van der Waals surface area contributed by atoms with Crippen molar-refractivity contribution in [2.45, 2.75) is 30.8 Å². The van der Waals surface area contributed by atoms with Crippen molar-refractivity contribution in [1.82, 2.24) is 19.9 Å². The minimum absolute atomic E-state index is 0.691. The third-order valence-corrected chi connectivity index (χ3v) is 5.62. The fraction of sp³-hybridized carbons (Fsp3) is 0.182. The highest BCUT2D eigenvalue weighted by atomic mass is 32.2. The number of imidazole rings is 1. The SMILES string of the molecule is Cc1nc(SCc2nc3c(C)cccc3[nH]2)c2oc3ccccc3c2n1.O=C(O)C(F)(F)F. The first kappa shape index (κ1) is 22.6. The van der Waals surface area contributed by atoms with Gasteiger partial charge in [0, 0.05) is 5.39 Å². The number of thioether (sulfide) groups is 1. The Labute approximate surface area is 189 Å². The molecule has 0 aliphatic heterocycles. The fourth-order valence-corrected chi connectivity index (χ4v) is 4.08. The van der Waals surface area contributed by atoms with Gasteiger partial charge in [-0.3, -0.25) is 0 Å². The molecule has 5 rings (SSSR count). The third-order valence-electron chi connectivity index (χ3n) is 4.65. The van der Waals surface area contributed by atoms with Crippen LogP contribution in [0.15, 0.2) is 51.9 Å². The number of aromatic nitrogens is 4. The standard InChI is InChI=1S/C20H16N4OS.C2HF3O2/c1-11-6-5-8-14-17(11)24-16(23-14)10-26-20-19-18(21-12(2)22-20)13-7-3-4-9-15(13)25-19;3-2(4,5)1(6)7/h3-9H,10H2,1-2H3,(H,23,24);(H,6,7). The van der Waals surface area contributed by atoms with Gasteiger partial charge >= 0.3 is 12.1 Å². The van der Waals surface area contributed by atoms with E-state index in [1.807, 2.05) is 37.3 Å². The number of nitrogens with zero attached hydrogens (tertiary/aromatic N) is 3. The van der Waals surface area contributed by atoms with E-state index >= 15 is 0 Å². The van der Waals surface area contributed by atoms with Gasteiger partial charge in [0.15, 0.2) is 5.58 Å². The molecule has 0 bridgehead atoms. The van der Waals surface area contributed by atoms with Crippen LogP contribution in [0, 0.1) is 13.8 Å². The minimum atomic E-state index is -5.08. The van der Waals surface area contributed by atoms with Gasteiger partial charge in [-0.1, -0.05) is 36.0 Å². The molecule has 3 aromatic heterocycles. The summed E-state index contributed by atoms with van der Waals surface area (Å²) in [4.78, 5) is 26.2. The van der Waals surface area contributed by atoms with Crippen molar-refractivity contribution in [2.75, 3.05) is 0 Å². The van der Waals surface area contributed by atoms with Crippen LogP contribution < -0.4 is 0 Å². The van der Waals surface area contributed by atoms with Crippen LogP contribution in [0.2, 0.25) is 0 Å². The van der Waals surface area contributed by atoms with E-state index in [-0.39, 0.29) is 0 Å². The van der Waals surface area contributed by atoms with Crippen LogP contribution in [0.4, 0.5) is 13.2 Å². The zero-order chi connectivity index (χ0) is 23.8. The monoisotopic (exact) mass is 474 g/mol. The zero-order valence-corrected chi connectivity index (χ0v) is 18.2. The number of fused-ring (bicyclic) bond motifs is 4. The molecular weight excluding hydrogens is 457 g/mol. The molecule has 0 spiro atoms. The number of rotatable bonds is 3. The molecule has 0 fully saturated rings. The second kappa shape index (κ2) is 8.74. The summed E-state index contributed by atoms with van der Waals surface area (Å²) in [6, 6.07) is 14.1. The second-order valence-corrected chi connectivity index (χ2v) is 8.06. The lowest BCUT2D eigenvalue weighted by Crippen LogP contribution is -2.21. The lowest BCUT2D eigenvalue weighted by molar-refractivity contribution is -0.192. The minimum Gasteiger partial charge on any atom is -0.475 e. The summed E-state index contributed by atoms with van der Waals surface area (Å²) < 4.78 is 37.8. The summed E-state index contributed by atoms with van der Waals surface area (Å²) in [5, 5.41) is 9.00. The number of aromatic amines is 1. The predicted octanol–water partition coefficient (Wildman–Crippen LogP) is 5.79. The first-order chi connectivity index (χ1) is 15.6. The molecule has 0 atom stereocenters. The largest absolute Gasteiger partial charge is 0.490 e. The van der Waals surface area contributed by atoms with Crippen LogP contribution in [-0.4, -0.2) is 37.2 Å². The lowest BCUT2D eigenvalue weighted by Gasteiger charge is -2.01. The highest BCUT2D eigenvalue weighted by Gasteiger charge is 2.38. The van der Waals surface area contributed by atoms with Gasteiger partial charge in [-0.15, -0.1) is 0 Å². The van der Waals surface area contributed by atoms with Crippen molar-refractivity contribution in [3.63, 3.8) is 0 Å². The smallest absolute Gasteiger partial charge is 0.475 e. The van der Waals surface area contributed by atoms with Crippen molar-refractivity contribution in [3.05, 3.63) is 59.7 Å². The quantitative estimate of drug-likeness (QED) is 0.252. The third kappa shape index (κ3) is 4.77. The summed E-state index contributed by atoms with van der Waals surface area (Å²) >= 11 is 1.61. The van der Waals surface area contributed by atoms with Gasteiger partial charge < -0.3 is 14.5 Å². The number of aliphatic carboxylic acids is 1. The lowest BCUT2D eigenvalue weighted by atomic mass is 10.2. The Morgan fingerprint density at radius 1 is 1.06 bits per heavy atom. The Bertz CT molecular complexity index is 1480. The summed E-state index contributed by atoms with van der Waals surface area (Å²) in [5.41, 5.74) is 5.71. The van der Waals surface area contributed by atoms with Crippen LogP contribution in [-0.2, 0) is 10.5 Å². The van der Waals surface area contributed by atoms with Crippen molar-refractivity contribution in [1.29, 1.82) is 0 Å². The molecule has 170 valence electrons. The molecule has 0 radical (unpaired) electrons. The number of carbonyl (C=O) groups is 1. The van der Waals surface area contributed by atoms with Gasteiger partial charge in [0.25, 0.3) is 0 Å². The summed E-state index contributed by atoms with van der Waals surface area (Å²) in [6.07, 6.45) is -5.08. The van der Waals surface area contributed by atoms with Gasteiger partial charge in [-0.2, -0.15) is 13.2 Å². The fourth-order valence-electron chi connectivity index (χ4n) is 3.20. The highest BCUT2D eigenvalue weighted by molar-refractivity contribution is 7.98. The van der Waals surface area contributed by atoms with E-state index < -0.39 is 12.1 Å². The molecule has 0 amide bonds. The van der Waals surface area contributed by atoms with Crippen molar-refractivity contribution in [3.8, 4) is 0 Å². The molecule has 0 unspecified atom stereocenters. The highest BCUT2D eigenvalue weighted by Crippen LogP contribution is 2.34. The van der Waals surface area contributed by atoms with Crippen LogP contribution >= 0.6 is 11.8 Å². The van der Waals surface area contributed by atoms with E-state index in [0.717, 1.165) is 49.8 Å². The number of hydrogen-bond donors (Lipinski definition) is 2. The normalized spacial score (nSPS) is 11.7. The molecule has 2 N–H and O–H groups in total. The second-order valence-electron chi connectivity index (χ2n) is 7.10. The van der Waals surface area contributed by atoms with E-state index in [0.29, 0.717) is 5.75 Å². The molecule has 3 heterocycles. The van der Waals surface area contributed by atoms with Crippen LogP contribution in [0.3, 0.4) is 0 Å². The number of benzene rings is 2. The van der Waals surface area contributed by atoms with Gasteiger partial charge in [0.05, 0.1) is 16.8 Å². The van der Waals surface area contributed by atoms with Crippen molar-refractivity contribution < 1.29 is 27.5 Å². The Balaban J connectivity index is 0.000000325.